The summed E-state index contributed by atoms with van der Waals surface area (Å²) in [5.74, 6) is -3.29. The second kappa shape index (κ2) is 9.38. The van der Waals surface area contributed by atoms with Gasteiger partial charge in [0.1, 0.15) is 11.5 Å². The van der Waals surface area contributed by atoms with E-state index >= 15 is 0 Å². The van der Waals surface area contributed by atoms with E-state index in [0.29, 0.717) is 5.75 Å². The van der Waals surface area contributed by atoms with Crippen molar-refractivity contribution in [2.45, 2.75) is 44.2 Å². The smallest absolute Gasteiger partial charge is 0.346 e. The van der Waals surface area contributed by atoms with Gasteiger partial charge >= 0.3 is 19.5 Å². The molecule has 156 valence electrons. The number of hydrogen-bond acceptors (Lipinski definition) is 6. The number of hydrogen-bond donors (Lipinski definition) is 4. The number of rotatable bonds is 10. The van der Waals surface area contributed by atoms with E-state index in [2.05, 4.69) is 4.90 Å². The van der Waals surface area contributed by atoms with Crippen molar-refractivity contribution in [3.8, 4) is 11.5 Å². The average Bonchev–Trinajstić information content (AvgIpc) is 3.13. The van der Waals surface area contributed by atoms with Crippen LogP contribution in [0, 0.1) is 0 Å². The molecule has 4 N–H and O–H groups in total. The highest BCUT2D eigenvalue weighted by atomic mass is 31.2. The maximum absolute atomic E-state index is 11.4. The predicted molar refractivity (Wildman–Crippen MR) is 97.5 cm³/mol. The van der Waals surface area contributed by atoms with Gasteiger partial charge in [-0.1, -0.05) is 6.92 Å². The van der Waals surface area contributed by atoms with Crippen LogP contribution in [0.2, 0.25) is 0 Å². The Bertz CT molecular complexity index is 727. The van der Waals surface area contributed by atoms with E-state index < -0.39 is 31.3 Å². The van der Waals surface area contributed by atoms with Crippen LogP contribution < -0.4 is 9.47 Å². The standard InChI is InChI=1S/C17H24NO9P/c1-2-13(18-9-3-4-10-18)26-11-5-7-12(8-6-11)27-14(16(19)20)15(17(21)22)28(23,24)25/h5-8,13-15H,2-4,9-10H2,1H3,(H,19,20)(H,21,22)(H2,23,24,25). The lowest BCUT2D eigenvalue weighted by molar-refractivity contribution is -0.151. The van der Waals surface area contributed by atoms with Gasteiger partial charge in [-0.15, -0.1) is 0 Å². The molecule has 0 aliphatic carbocycles. The molecular weight excluding hydrogens is 393 g/mol. The quantitative estimate of drug-likeness (QED) is 0.410. The number of carbonyl (C=O) groups is 2. The molecule has 0 amide bonds. The van der Waals surface area contributed by atoms with Crippen LogP contribution in [0.5, 0.6) is 11.5 Å². The van der Waals surface area contributed by atoms with Crippen LogP contribution in [-0.4, -0.2) is 67.9 Å². The van der Waals surface area contributed by atoms with E-state index in [-0.39, 0.29) is 12.0 Å². The Balaban J connectivity index is 2.11. The Morgan fingerprint density at radius 1 is 1.04 bits per heavy atom. The molecule has 1 aliphatic rings. The summed E-state index contributed by atoms with van der Waals surface area (Å²) in [6, 6.07) is 5.78. The Kier molecular flexibility index (Phi) is 7.42. The molecular formula is C17H24NO9P. The molecule has 28 heavy (non-hydrogen) atoms. The first-order chi connectivity index (χ1) is 13.1. The molecule has 0 saturated carbocycles. The molecule has 1 fully saturated rings. The van der Waals surface area contributed by atoms with Crippen LogP contribution in [0.1, 0.15) is 26.2 Å². The average molecular weight is 417 g/mol. The summed E-state index contributed by atoms with van der Waals surface area (Å²) in [4.78, 5) is 43.1. The topological polar surface area (TPSA) is 154 Å². The monoisotopic (exact) mass is 417 g/mol. The molecule has 2 rings (SSSR count). The SMILES string of the molecule is CCC(Oc1ccc(OC(C(=O)O)C(C(=O)O)P(=O)(O)O)cc1)N1CCCC1. The van der Waals surface area contributed by atoms with Gasteiger partial charge in [-0.05, 0) is 43.5 Å². The highest BCUT2D eigenvalue weighted by molar-refractivity contribution is 7.53. The second-order valence-corrected chi connectivity index (χ2v) is 8.18. The number of carboxylic acid groups (broad SMARTS) is 2. The first-order valence-corrected chi connectivity index (χ1v) is 10.5. The number of aliphatic carboxylic acids is 2. The zero-order chi connectivity index (χ0) is 20.9. The zero-order valence-electron chi connectivity index (χ0n) is 15.3. The van der Waals surface area contributed by atoms with Crippen LogP contribution in [0.25, 0.3) is 0 Å². The molecule has 3 unspecified atom stereocenters. The van der Waals surface area contributed by atoms with Gasteiger partial charge in [0.2, 0.25) is 11.8 Å². The van der Waals surface area contributed by atoms with Crippen molar-refractivity contribution in [1.82, 2.24) is 4.90 Å². The highest BCUT2D eigenvalue weighted by Crippen LogP contribution is 2.44. The minimum absolute atomic E-state index is 0.0475. The lowest BCUT2D eigenvalue weighted by Gasteiger charge is -2.27. The summed E-state index contributed by atoms with van der Waals surface area (Å²) in [5, 5.41) is 18.2. The summed E-state index contributed by atoms with van der Waals surface area (Å²) in [6.07, 6.45) is 0.674. The Morgan fingerprint density at radius 2 is 1.54 bits per heavy atom. The van der Waals surface area contributed by atoms with Crippen molar-refractivity contribution in [2.75, 3.05) is 13.1 Å². The van der Waals surface area contributed by atoms with Gasteiger partial charge < -0.3 is 29.5 Å². The van der Waals surface area contributed by atoms with Gasteiger partial charge in [0.05, 0.1) is 0 Å². The van der Waals surface area contributed by atoms with Gasteiger partial charge in [-0.2, -0.15) is 0 Å². The molecule has 1 aromatic carbocycles. The third-order valence-corrected chi connectivity index (χ3v) is 5.62. The van der Waals surface area contributed by atoms with Gasteiger partial charge in [0.25, 0.3) is 0 Å². The van der Waals surface area contributed by atoms with Gasteiger partial charge in [0, 0.05) is 13.1 Å². The minimum Gasteiger partial charge on any atom is -0.480 e. The molecule has 0 aromatic heterocycles. The summed E-state index contributed by atoms with van der Waals surface area (Å²) < 4.78 is 22.4. The first-order valence-electron chi connectivity index (χ1n) is 8.81. The molecule has 0 radical (unpaired) electrons. The van der Waals surface area contributed by atoms with Crippen molar-refractivity contribution in [1.29, 1.82) is 0 Å². The Morgan fingerprint density at radius 3 is 1.93 bits per heavy atom. The zero-order valence-corrected chi connectivity index (χ0v) is 16.2. The maximum atomic E-state index is 11.4. The molecule has 10 nitrogen and oxygen atoms in total. The molecule has 1 aromatic rings. The largest absolute Gasteiger partial charge is 0.480 e. The van der Waals surface area contributed by atoms with E-state index in [9.17, 15) is 29.0 Å². The number of carboxylic acids is 2. The molecule has 1 saturated heterocycles. The van der Waals surface area contributed by atoms with Gasteiger partial charge in [-0.25, -0.2) is 4.79 Å². The van der Waals surface area contributed by atoms with E-state index in [1.54, 1.807) is 0 Å². The van der Waals surface area contributed by atoms with Crippen molar-refractivity contribution in [2.24, 2.45) is 0 Å². The van der Waals surface area contributed by atoms with Gasteiger partial charge in [0.15, 0.2) is 6.23 Å². The van der Waals surface area contributed by atoms with Crippen LogP contribution in [-0.2, 0) is 14.2 Å². The molecule has 0 spiro atoms. The summed E-state index contributed by atoms with van der Waals surface area (Å²) in [6.45, 7) is 3.92. The van der Waals surface area contributed by atoms with E-state index in [0.717, 1.165) is 32.4 Å². The summed E-state index contributed by atoms with van der Waals surface area (Å²) in [5.41, 5.74) is -2.53. The Hall–Kier alpha value is -2.13. The minimum atomic E-state index is -5.26. The highest BCUT2D eigenvalue weighted by Gasteiger charge is 2.48. The second-order valence-electron chi connectivity index (χ2n) is 6.44. The summed E-state index contributed by atoms with van der Waals surface area (Å²) >= 11 is 0. The van der Waals surface area contributed by atoms with Crippen molar-refractivity contribution >= 4 is 19.5 Å². The number of likely N-dealkylation sites (tertiary alicyclic amines) is 1. The van der Waals surface area contributed by atoms with Gasteiger partial charge in [-0.3, -0.25) is 14.3 Å². The Labute approximate surface area is 161 Å². The molecule has 11 heteroatoms. The van der Waals surface area contributed by atoms with Crippen LogP contribution in [0.15, 0.2) is 24.3 Å². The molecule has 3 atom stereocenters. The van der Waals surface area contributed by atoms with Crippen molar-refractivity contribution in [3.05, 3.63) is 24.3 Å². The number of nitrogens with zero attached hydrogens (tertiary/aromatic N) is 1. The molecule has 1 heterocycles. The molecule has 0 bridgehead atoms. The van der Waals surface area contributed by atoms with E-state index in [4.69, 9.17) is 14.6 Å². The lowest BCUT2D eigenvalue weighted by atomic mass is 10.2. The fourth-order valence-corrected chi connectivity index (χ4v) is 3.87. The van der Waals surface area contributed by atoms with Crippen molar-refractivity contribution in [3.63, 3.8) is 0 Å². The summed E-state index contributed by atoms with van der Waals surface area (Å²) in [7, 11) is -5.26. The molecule has 1 aliphatic heterocycles. The third-order valence-electron chi connectivity index (χ3n) is 4.40. The third kappa shape index (κ3) is 5.68. The first kappa shape index (κ1) is 22.2. The normalized spacial score (nSPS) is 18.2. The van der Waals surface area contributed by atoms with Crippen LogP contribution in [0.3, 0.4) is 0 Å². The van der Waals surface area contributed by atoms with E-state index in [1.165, 1.54) is 24.3 Å². The fourth-order valence-electron chi connectivity index (χ4n) is 3.05. The van der Waals surface area contributed by atoms with Crippen molar-refractivity contribution < 1.29 is 43.6 Å². The lowest BCUT2D eigenvalue weighted by Crippen LogP contribution is -2.43. The maximum Gasteiger partial charge on any atom is 0.346 e. The fraction of sp³-hybridized carbons (Fsp3) is 0.529. The van der Waals surface area contributed by atoms with Crippen LogP contribution in [0.4, 0.5) is 0 Å². The van der Waals surface area contributed by atoms with E-state index in [1.807, 2.05) is 6.92 Å². The predicted octanol–water partition coefficient (Wildman–Crippen LogP) is 1.36. The number of ether oxygens (including phenoxy) is 2. The number of benzene rings is 1. The van der Waals surface area contributed by atoms with Crippen LogP contribution >= 0.6 is 7.60 Å².